The maximum atomic E-state index is 11.7. The van der Waals surface area contributed by atoms with Gasteiger partial charge in [0.15, 0.2) is 0 Å². The van der Waals surface area contributed by atoms with Crippen LogP contribution in [-0.4, -0.2) is 30.7 Å². The molecule has 2 fully saturated rings. The zero-order valence-corrected chi connectivity index (χ0v) is 12.0. The summed E-state index contributed by atoms with van der Waals surface area (Å²) in [5, 5.41) is 2.95. The average Bonchev–Trinajstić information content (AvgIpc) is 2.38. The van der Waals surface area contributed by atoms with Gasteiger partial charge >= 0.3 is 0 Å². The lowest BCUT2D eigenvalue weighted by atomic mass is 9.75. The van der Waals surface area contributed by atoms with Crippen molar-refractivity contribution in [3.05, 3.63) is 0 Å². The van der Waals surface area contributed by atoms with Gasteiger partial charge in [0.05, 0.1) is 6.10 Å². The molecule has 0 saturated heterocycles. The summed E-state index contributed by atoms with van der Waals surface area (Å²) in [6.07, 6.45) is 11.4. The maximum Gasteiger partial charge on any atom is 0.221 e. The van der Waals surface area contributed by atoms with E-state index in [1.165, 1.54) is 38.5 Å². The van der Waals surface area contributed by atoms with Crippen molar-refractivity contribution in [1.29, 1.82) is 0 Å². The van der Waals surface area contributed by atoms with Gasteiger partial charge in [0.2, 0.25) is 5.91 Å². The third-order valence-electron chi connectivity index (χ3n) is 4.41. The Bertz CT molecular complexity index is 284. The van der Waals surface area contributed by atoms with Crippen LogP contribution in [0.15, 0.2) is 0 Å². The summed E-state index contributed by atoms with van der Waals surface area (Å²) >= 11 is 0. The van der Waals surface area contributed by atoms with Crippen molar-refractivity contribution in [1.82, 2.24) is 5.32 Å². The molecule has 0 atom stereocenters. The van der Waals surface area contributed by atoms with Gasteiger partial charge < -0.3 is 15.8 Å². The molecule has 0 bridgehead atoms. The summed E-state index contributed by atoms with van der Waals surface area (Å²) in [4.78, 5) is 11.7. The Morgan fingerprint density at radius 1 is 1.21 bits per heavy atom. The minimum atomic E-state index is -0.206. The fourth-order valence-corrected chi connectivity index (χ4v) is 2.97. The van der Waals surface area contributed by atoms with E-state index < -0.39 is 0 Å². The number of carbonyl (C=O) groups is 1. The van der Waals surface area contributed by atoms with Crippen LogP contribution in [0, 0.1) is 0 Å². The maximum absolute atomic E-state index is 11.7. The van der Waals surface area contributed by atoms with Crippen molar-refractivity contribution in [2.45, 2.75) is 75.9 Å². The highest BCUT2D eigenvalue weighted by Gasteiger charge is 2.34. The molecule has 19 heavy (non-hydrogen) atoms. The summed E-state index contributed by atoms with van der Waals surface area (Å²) in [6.45, 7) is 1.47. The van der Waals surface area contributed by atoms with Gasteiger partial charge in [-0.15, -0.1) is 0 Å². The molecular formula is C15H28N2O2. The zero-order chi connectivity index (χ0) is 13.6. The van der Waals surface area contributed by atoms with Crippen molar-refractivity contribution < 1.29 is 9.53 Å². The number of nitrogens with one attached hydrogen (secondary N) is 1. The lowest BCUT2D eigenvalue weighted by Crippen LogP contribution is -2.50. The molecule has 110 valence electrons. The molecule has 4 nitrogen and oxygen atoms in total. The first-order valence-corrected chi connectivity index (χ1v) is 7.85. The second-order valence-electron chi connectivity index (χ2n) is 6.23. The third kappa shape index (κ3) is 5.11. The quantitative estimate of drug-likeness (QED) is 0.695. The number of rotatable bonds is 7. The van der Waals surface area contributed by atoms with Crippen LogP contribution in [0.1, 0.15) is 64.2 Å². The van der Waals surface area contributed by atoms with E-state index in [0.29, 0.717) is 19.1 Å². The van der Waals surface area contributed by atoms with E-state index in [1.54, 1.807) is 0 Å². The van der Waals surface area contributed by atoms with Crippen molar-refractivity contribution in [2.75, 3.05) is 13.2 Å². The zero-order valence-electron chi connectivity index (χ0n) is 12.0. The van der Waals surface area contributed by atoms with Gasteiger partial charge in [-0.2, -0.15) is 0 Å². The van der Waals surface area contributed by atoms with Gasteiger partial charge in [-0.3, -0.25) is 4.79 Å². The normalized spacial score (nSPS) is 22.8. The van der Waals surface area contributed by atoms with Gasteiger partial charge in [0.1, 0.15) is 0 Å². The molecule has 0 spiro atoms. The number of hydrogen-bond acceptors (Lipinski definition) is 3. The molecule has 1 amide bonds. The number of hydrogen-bond donors (Lipinski definition) is 2. The summed E-state index contributed by atoms with van der Waals surface area (Å²) in [5.41, 5.74) is 5.84. The van der Waals surface area contributed by atoms with Crippen LogP contribution in [0.25, 0.3) is 0 Å². The van der Waals surface area contributed by atoms with E-state index >= 15 is 0 Å². The monoisotopic (exact) mass is 268 g/mol. The fourth-order valence-electron chi connectivity index (χ4n) is 2.97. The summed E-state index contributed by atoms with van der Waals surface area (Å²) in [7, 11) is 0. The third-order valence-corrected chi connectivity index (χ3v) is 4.41. The van der Waals surface area contributed by atoms with E-state index in [-0.39, 0.29) is 11.4 Å². The van der Waals surface area contributed by atoms with Crippen LogP contribution in [0.4, 0.5) is 0 Å². The molecule has 2 aliphatic carbocycles. The summed E-state index contributed by atoms with van der Waals surface area (Å²) in [6, 6.07) is 0. The predicted octanol–water partition coefficient (Wildman–Crippen LogP) is 2.11. The van der Waals surface area contributed by atoms with Crippen molar-refractivity contribution >= 4 is 5.91 Å². The van der Waals surface area contributed by atoms with Crippen molar-refractivity contribution in [3.63, 3.8) is 0 Å². The van der Waals surface area contributed by atoms with Gasteiger partial charge in [0, 0.05) is 25.1 Å². The number of nitrogens with two attached hydrogens (primary N) is 1. The predicted molar refractivity (Wildman–Crippen MR) is 75.8 cm³/mol. The molecule has 0 aliphatic heterocycles. The van der Waals surface area contributed by atoms with Gasteiger partial charge in [-0.25, -0.2) is 0 Å². The van der Waals surface area contributed by atoms with Crippen LogP contribution in [0.5, 0.6) is 0 Å². The van der Waals surface area contributed by atoms with Crippen LogP contribution in [-0.2, 0) is 9.53 Å². The Kier molecular flexibility index (Phi) is 5.64. The van der Waals surface area contributed by atoms with E-state index in [0.717, 1.165) is 25.9 Å². The first-order valence-electron chi connectivity index (χ1n) is 7.85. The fraction of sp³-hybridized carbons (Fsp3) is 0.933. The lowest BCUT2D eigenvalue weighted by molar-refractivity contribution is -0.123. The molecule has 0 unspecified atom stereocenters. The molecular weight excluding hydrogens is 240 g/mol. The molecule has 0 aromatic rings. The van der Waals surface area contributed by atoms with Crippen LogP contribution < -0.4 is 11.1 Å². The topological polar surface area (TPSA) is 64.4 Å². The molecule has 3 N–H and O–H groups in total. The van der Waals surface area contributed by atoms with Gasteiger partial charge in [-0.05, 0) is 38.5 Å². The van der Waals surface area contributed by atoms with E-state index in [1.807, 2.05) is 0 Å². The Morgan fingerprint density at radius 2 is 1.95 bits per heavy atom. The second-order valence-corrected chi connectivity index (χ2v) is 6.23. The Hall–Kier alpha value is -0.610. The highest BCUT2D eigenvalue weighted by molar-refractivity contribution is 5.77. The highest BCUT2D eigenvalue weighted by atomic mass is 16.5. The average molecular weight is 268 g/mol. The van der Waals surface area contributed by atoms with Gasteiger partial charge in [0.25, 0.3) is 0 Å². The van der Waals surface area contributed by atoms with E-state index in [9.17, 15) is 4.79 Å². The molecule has 2 aliphatic rings. The van der Waals surface area contributed by atoms with E-state index in [2.05, 4.69) is 5.32 Å². The first-order chi connectivity index (χ1) is 9.18. The Morgan fingerprint density at radius 3 is 2.58 bits per heavy atom. The van der Waals surface area contributed by atoms with Gasteiger partial charge in [-0.1, -0.05) is 19.3 Å². The van der Waals surface area contributed by atoms with E-state index in [4.69, 9.17) is 10.5 Å². The van der Waals surface area contributed by atoms with Crippen LogP contribution in [0.2, 0.25) is 0 Å². The summed E-state index contributed by atoms with van der Waals surface area (Å²) in [5.74, 6) is 0.0971. The highest BCUT2D eigenvalue weighted by Crippen LogP contribution is 2.31. The molecule has 0 aromatic heterocycles. The standard InChI is InChI=1S/C15H28N2O2/c16-15(8-4-9-15)12-14(18)17-10-5-11-19-13-6-2-1-3-7-13/h13H,1-12,16H2,(H,17,18). The Balaban J connectivity index is 1.46. The molecule has 2 saturated carbocycles. The van der Waals surface area contributed by atoms with Crippen molar-refractivity contribution in [3.8, 4) is 0 Å². The SMILES string of the molecule is NC1(CC(=O)NCCCOC2CCCCC2)CCC1. The lowest BCUT2D eigenvalue weighted by Gasteiger charge is -2.37. The molecule has 4 heteroatoms. The number of ether oxygens (including phenoxy) is 1. The number of carbonyl (C=O) groups excluding carboxylic acids is 1. The molecule has 0 radical (unpaired) electrons. The number of amides is 1. The summed E-state index contributed by atoms with van der Waals surface area (Å²) < 4.78 is 5.82. The second kappa shape index (κ2) is 7.25. The largest absolute Gasteiger partial charge is 0.378 e. The minimum Gasteiger partial charge on any atom is -0.378 e. The van der Waals surface area contributed by atoms with Crippen molar-refractivity contribution in [2.24, 2.45) is 5.73 Å². The van der Waals surface area contributed by atoms with Crippen LogP contribution >= 0.6 is 0 Å². The van der Waals surface area contributed by atoms with Crippen LogP contribution in [0.3, 0.4) is 0 Å². The Labute approximate surface area is 116 Å². The first kappa shape index (κ1) is 14.8. The molecule has 2 rings (SSSR count). The molecule has 0 heterocycles. The minimum absolute atomic E-state index is 0.0971. The smallest absolute Gasteiger partial charge is 0.221 e. The molecule has 0 aromatic carbocycles.